The van der Waals surface area contributed by atoms with Gasteiger partial charge in [-0.2, -0.15) is 5.26 Å². The summed E-state index contributed by atoms with van der Waals surface area (Å²) in [5.74, 6) is -0.546. The molecule has 0 unspecified atom stereocenters. The summed E-state index contributed by atoms with van der Waals surface area (Å²) < 4.78 is 0.839. The number of nitrogens with zero attached hydrogens (tertiary/aromatic N) is 2. The smallest absolute Gasteiger partial charge is 0.260 e. The van der Waals surface area contributed by atoms with Crippen molar-refractivity contribution in [2.75, 3.05) is 11.5 Å². The van der Waals surface area contributed by atoms with E-state index in [2.05, 4.69) is 27.0 Å². The minimum atomic E-state index is -0.636. The zero-order valence-electron chi connectivity index (χ0n) is 11.6. The molecule has 8 heteroatoms. The van der Waals surface area contributed by atoms with Gasteiger partial charge in [-0.1, -0.05) is 28.1 Å². The Kier molecular flexibility index (Phi) is 3.67. The molecule has 114 valence electrons. The molecule has 1 amide bonds. The molecule has 2 heterocycles. The molecule has 0 fully saturated rings. The van der Waals surface area contributed by atoms with Gasteiger partial charge in [-0.15, -0.1) is 11.3 Å². The predicted octanol–water partition coefficient (Wildman–Crippen LogP) is 2.86. The molecule has 6 N–H and O–H groups in total. The first-order chi connectivity index (χ1) is 10.9. The lowest BCUT2D eigenvalue weighted by Crippen LogP contribution is -2.10. The van der Waals surface area contributed by atoms with E-state index in [9.17, 15) is 10.1 Å². The summed E-state index contributed by atoms with van der Waals surface area (Å²) in [6, 6.07) is 9.45. The zero-order chi connectivity index (χ0) is 16.7. The molecule has 6 nitrogen and oxygen atoms in total. The zero-order valence-corrected chi connectivity index (χ0v) is 14.0. The van der Waals surface area contributed by atoms with Crippen LogP contribution < -0.4 is 17.2 Å². The van der Waals surface area contributed by atoms with Gasteiger partial charge in [0.05, 0.1) is 5.69 Å². The van der Waals surface area contributed by atoms with Gasteiger partial charge in [0.1, 0.15) is 27.2 Å². The summed E-state index contributed by atoms with van der Waals surface area (Å²) in [5, 5.41) is 10.0. The molecule has 0 bridgehead atoms. The highest BCUT2D eigenvalue weighted by Crippen LogP contribution is 2.42. The molecule has 0 atom stereocenters. The highest BCUT2D eigenvalue weighted by molar-refractivity contribution is 9.10. The SMILES string of the molecule is N#Cc1c(N)nc2sc(C(N)=O)c(N)c2c1-c1cccc(Br)c1. The van der Waals surface area contributed by atoms with Crippen LogP contribution in [0.2, 0.25) is 0 Å². The molecule has 0 radical (unpaired) electrons. The highest BCUT2D eigenvalue weighted by atomic mass is 79.9. The fraction of sp³-hybridized carbons (Fsp3) is 0. The first-order valence-corrected chi connectivity index (χ1v) is 8.02. The number of nitrogens with two attached hydrogens (primary N) is 3. The number of amides is 1. The van der Waals surface area contributed by atoms with E-state index < -0.39 is 5.91 Å². The number of carbonyl (C=O) groups is 1. The van der Waals surface area contributed by atoms with Crippen LogP contribution in [0.1, 0.15) is 15.2 Å². The second kappa shape index (κ2) is 5.53. The maximum atomic E-state index is 11.6. The lowest BCUT2D eigenvalue weighted by molar-refractivity contribution is 0.100. The van der Waals surface area contributed by atoms with Gasteiger partial charge in [0.2, 0.25) is 0 Å². The standard InChI is InChI=1S/C15H10BrN5OS/c16-7-3-1-2-6(4-7)9-8(5-17)13(19)21-15-10(9)11(18)12(23-15)14(20)22/h1-4H,18H2,(H2,19,21)(H2,20,22). The topological polar surface area (TPSA) is 132 Å². The van der Waals surface area contributed by atoms with Gasteiger partial charge in [-0.25, -0.2) is 4.98 Å². The third kappa shape index (κ3) is 2.40. The fourth-order valence-corrected chi connectivity index (χ4v) is 3.76. The van der Waals surface area contributed by atoms with Crippen molar-refractivity contribution in [1.82, 2.24) is 4.98 Å². The van der Waals surface area contributed by atoms with Gasteiger partial charge in [-0.05, 0) is 17.7 Å². The number of thiophene rings is 1. The van der Waals surface area contributed by atoms with Crippen molar-refractivity contribution in [3.63, 3.8) is 0 Å². The van der Waals surface area contributed by atoms with Crippen molar-refractivity contribution in [3.05, 3.63) is 39.2 Å². The monoisotopic (exact) mass is 387 g/mol. The van der Waals surface area contributed by atoms with Crippen LogP contribution in [-0.2, 0) is 0 Å². The molecule has 2 aromatic heterocycles. The molecule has 0 aliphatic carbocycles. The number of carbonyl (C=O) groups excluding carboxylic acids is 1. The Hall–Kier alpha value is -2.63. The number of fused-ring (bicyclic) bond motifs is 1. The van der Waals surface area contributed by atoms with Gasteiger partial charge in [0, 0.05) is 15.4 Å². The van der Waals surface area contributed by atoms with E-state index in [4.69, 9.17) is 17.2 Å². The van der Waals surface area contributed by atoms with E-state index in [0.717, 1.165) is 21.4 Å². The number of halogens is 1. The van der Waals surface area contributed by atoms with E-state index >= 15 is 0 Å². The van der Waals surface area contributed by atoms with Crippen LogP contribution >= 0.6 is 27.3 Å². The molecule has 0 saturated carbocycles. The Bertz CT molecular complexity index is 1010. The molecule has 0 aliphatic rings. The molecule has 0 spiro atoms. The van der Waals surface area contributed by atoms with Crippen LogP contribution in [0.3, 0.4) is 0 Å². The number of pyridine rings is 1. The lowest BCUT2D eigenvalue weighted by atomic mass is 9.97. The number of rotatable bonds is 2. The largest absolute Gasteiger partial charge is 0.397 e. The molecule has 0 aliphatic heterocycles. The predicted molar refractivity (Wildman–Crippen MR) is 94.8 cm³/mol. The number of anilines is 2. The molecule has 1 aromatic carbocycles. The Balaban J connectivity index is 2.51. The second-order valence-electron chi connectivity index (χ2n) is 4.76. The summed E-state index contributed by atoms with van der Waals surface area (Å²) in [4.78, 5) is 16.4. The lowest BCUT2D eigenvalue weighted by Gasteiger charge is -2.10. The van der Waals surface area contributed by atoms with Gasteiger partial charge >= 0.3 is 0 Å². The summed E-state index contributed by atoms with van der Waals surface area (Å²) in [7, 11) is 0. The van der Waals surface area contributed by atoms with E-state index in [1.54, 1.807) is 0 Å². The molecular weight excluding hydrogens is 378 g/mol. The first kappa shape index (κ1) is 15.3. The Labute approximate surface area is 143 Å². The normalized spacial score (nSPS) is 10.6. The van der Waals surface area contributed by atoms with Crippen LogP contribution in [0.5, 0.6) is 0 Å². The van der Waals surface area contributed by atoms with E-state index in [0.29, 0.717) is 15.8 Å². The van der Waals surface area contributed by atoms with Crippen LogP contribution in [0.25, 0.3) is 21.3 Å². The van der Waals surface area contributed by atoms with Crippen molar-refractivity contribution in [1.29, 1.82) is 5.26 Å². The number of nitrogen functional groups attached to an aromatic ring is 2. The summed E-state index contributed by atoms with van der Waals surface area (Å²) in [6.45, 7) is 0. The third-order valence-electron chi connectivity index (χ3n) is 3.35. The highest BCUT2D eigenvalue weighted by Gasteiger charge is 2.23. The van der Waals surface area contributed by atoms with Crippen LogP contribution in [0, 0.1) is 11.3 Å². The van der Waals surface area contributed by atoms with E-state index in [-0.39, 0.29) is 21.9 Å². The van der Waals surface area contributed by atoms with Crippen LogP contribution in [0.15, 0.2) is 28.7 Å². The average Bonchev–Trinajstić information content (AvgIpc) is 2.82. The molecular formula is C15H10BrN5OS. The number of aromatic nitrogens is 1. The quantitative estimate of drug-likeness (QED) is 0.621. The molecule has 3 rings (SSSR count). The number of primary amides is 1. The van der Waals surface area contributed by atoms with E-state index in [1.807, 2.05) is 24.3 Å². The van der Waals surface area contributed by atoms with E-state index in [1.165, 1.54) is 0 Å². The Morgan fingerprint density at radius 3 is 2.70 bits per heavy atom. The summed E-state index contributed by atoms with van der Waals surface area (Å²) in [5.41, 5.74) is 19.1. The minimum absolute atomic E-state index is 0.0900. The van der Waals surface area contributed by atoms with Crippen LogP contribution in [0.4, 0.5) is 11.5 Å². The number of hydrogen-bond acceptors (Lipinski definition) is 6. The van der Waals surface area contributed by atoms with Crippen molar-refractivity contribution in [2.45, 2.75) is 0 Å². The molecule has 0 saturated heterocycles. The number of benzene rings is 1. The van der Waals surface area contributed by atoms with Crippen LogP contribution in [-0.4, -0.2) is 10.9 Å². The maximum Gasteiger partial charge on any atom is 0.260 e. The fourth-order valence-electron chi connectivity index (χ4n) is 2.40. The molecule has 23 heavy (non-hydrogen) atoms. The number of nitriles is 1. The van der Waals surface area contributed by atoms with Gasteiger partial charge in [0.25, 0.3) is 5.91 Å². The first-order valence-electron chi connectivity index (χ1n) is 6.41. The minimum Gasteiger partial charge on any atom is -0.397 e. The Morgan fingerprint density at radius 1 is 1.35 bits per heavy atom. The summed E-state index contributed by atoms with van der Waals surface area (Å²) in [6.07, 6.45) is 0. The molecule has 3 aromatic rings. The van der Waals surface area contributed by atoms with Gasteiger partial charge in [-0.3, -0.25) is 4.79 Å². The van der Waals surface area contributed by atoms with Gasteiger partial charge in [0.15, 0.2) is 0 Å². The van der Waals surface area contributed by atoms with Crippen molar-refractivity contribution in [3.8, 4) is 17.2 Å². The summed E-state index contributed by atoms with van der Waals surface area (Å²) >= 11 is 4.47. The number of hydrogen-bond donors (Lipinski definition) is 3. The van der Waals surface area contributed by atoms with Crippen molar-refractivity contribution < 1.29 is 4.79 Å². The van der Waals surface area contributed by atoms with Gasteiger partial charge < -0.3 is 17.2 Å². The van der Waals surface area contributed by atoms with Crippen molar-refractivity contribution in [2.24, 2.45) is 5.73 Å². The maximum absolute atomic E-state index is 11.6. The second-order valence-corrected chi connectivity index (χ2v) is 6.67. The van der Waals surface area contributed by atoms with Crippen molar-refractivity contribution >= 4 is 54.9 Å². The Morgan fingerprint density at radius 2 is 2.09 bits per heavy atom. The average molecular weight is 388 g/mol. The third-order valence-corrected chi connectivity index (χ3v) is 4.96.